The number of rotatable bonds is 4. The molecule has 1 aliphatic heterocycles. The molecular formula is C22H20F2N2O4S. The summed E-state index contributed by atoms with van der Waals surface area (Å²) in [6.07, 6.45) is -0.772. The lowest BCUT2D eigenvalue weighted by molar-refractivity contribution is 0.0697. The number of benzene rings is 2. The van der Waals surface area contributed by atoms with Crippen molar-refractivity contribution in [1.82, 2.24) is 9.29 Å². The molecule has 1 N–H and O–H groups in total. The molecule has 1 aliphatic rings. The molecule has 0 spiro atoms. The maximum Gasteiger partial charge on any atom is 0.335 e. The quantitative estimate of drug-likeness (QED) is 0.650. The van der Waals surface area contributed by atoms with Gasteiger partial charge in [-0.25, -0.2) is 27.0 Å². The predicted molar refractivity (Wildman–Crippen MR) is 112 cm³/mol. The number of aromatic carboxylic acids is 1. The minimum Gasteiger partial charge on any atom is -0.478 e. The Labute approximate surface area is 178 Å². The van der Waals surface area contributed by atoms with Gasteiger partial charge in [0, 0.05) is 24.0 Å². The third-order valence-electron chi connectivity index (χ3n) is 5.50. The molecule has 2 heterocycles. The lowest BCUT2D eigenvalue weighted by Gasteiger charge is -2.27. The van der Waals surface area contributed by atoms with Gasteiger partial charge in [-0.15, -0.1) is 0 Å². The van der Waals surface area contributed by atoms with E-state index in [0.717, 1.165) is 17.0 Å². The standard InChI is InChI=1S/C22H20F2N2O4S/c1-13-10-20(25-21-11-14(22(27)28)2-4-17(13)21)18-5-3-16(12-19(18)24)31(29,30)26-8-6-15(23)7-9-26/h2-5,10-12,15H,6-9H2,1H3,(H,27,28). The fourth-order valence-electron chi connectivity index (χ4n) is 3.75. The number of carbonyl (C=O) groups is 1. The van der Waals surface area contributed by atoms with Gasteiger partial charge in [-0.1, -0.05) is 6.07 Å². The zero-order valence-electron chi connectivity index (χ0n) is 16.7. The molecule has 0 amide bonds. The molecule has 6 nitrogen and oxygen atoms in total. The minimum atomic E-state index is -3.92. The first-order valence-electron chi connectivity index (χ1n) is 9.75. The molecule has 0 radical (unpaired) electrons. The third kappa shape index (κ3) is 4.03. The number of pyridine rings is 1. The van der Waals surface area contributed by atoms with Crippen molar-refractivity contribution in [2.45, 2.75) is 30.8 Å². The van der Waals surface area contributed by atoms with Crippen LogP contribution in [-0.2, 0) is 10.0 Å². The van der Waals surface area contributed by atoms with E-state index >= 15 is 0 Å². The number of hydrogen-bond acceptors (Lipinski definition) is 4. The Kier molecular flexibility index (Phi) is 5.49. The van der Waals surface area contributed by atoms with Gasteiger partial charge in [-0.2, -0.15) is 4.31 Å². The number of aryl methyl sites for hydroxylation is 1. The van der Waals surface area contributed by atoms with Gasteiger partial charge in [-0.05, 0) is 61.7 Å². The number of fused-ring (bicyclic) bond motifs is 1. The Morgan fingerprint density at radius 1 is 1.13 bits per heavy atom. The van der Waals surface area contributed by atoms with Crippen LogP contribution in [0.2, 0.25) is 0 Å². The number of aromatic nitrogens is 1. The second-order valence-electron chi connectivity index (χ2n) is 7.58. The molecule has 162 valence electrons. The zero-order valence-corrected chi connectivity index (χ0v) is 17.5. The summed E-state index contributed by atoms with van der Waals surface area (Å²) < 4.78 is 55.1. The number of hydrogen-bond donors (Lipinski definition) is 1. The van der Waals surface area contributed by atoms with Crippen molar-refractivity contribution in [3.8, 4) is 11.3 Å². The van der Waals surface area contributed by atoms with Gasteiger partial charge < -0.3 is 5.11 Å². The van der Waals surface area contributed by atoms with Gasteiger partial charge in [-0.3, -0.25) is 0 Å². The van der Waals surface area contributed by atoms with Crippen LogP contribution >= 0.6 is 0 Å². The molecule has 0 unspecified atom stereocenters. The molecule has 0 aliphatic carbocycles. The highest BCUT2D eigenvalue weighted by Gasteiger charge is 2.30. The lowest BCUT2D eigenvalue weighted by atomic mass is 10.0. The van der Waals surface area contributed by atoms with Gasteiger partial charge in [0.25, 0.3) is 0 Å². The molecule has 9 heteroatoms. The van der Waals surface area contributed by atoms with Gasteiger partial charge in [0.2, 0.25) is 10.0 Å². The maximum absolute atomic E-state index is 15.0. The topological polar surface area (TPSA) is 87.6 Å². The van der Waals surface area contributed by atoms with Gasteiger partial charge in [0.1, 0.15) is 12.0 Å². The molecule has 1 aromatic heterocycles. The summed E-state index contributed by atoms with van der Waals surface area (Å²) in [5.41, 5.74) is 1.62. The monoisotopic (exact) mass is 446 g/mol. The van der Waals surface area contributed by atoms with Crippen LogP contribution in [0, 0.1) is 12.7 Å². The van der Waals surface area contributed by atoms with E-state index in [4.69, 9.17) is 0 Å². The van der Waals surface area contributed by atoms with Crippen molar-refractivity contribution < 1.29 is 27.1 Å². The van der Waals surface area contributed by atoms with Crippen LogP contribution < -0.4 is 0 Å². The van der Waals surface area contributed by atoms with Crippen molar-refractivity contribution in [3.05, 3.63) is 59.4 Å². The molecular weight excluding hydrogens is 426 g/mol. The molecule has 0 saturated carbocycles. The highest BCUT2D eigenvalue weighted by molar-refractivity contribution is 7.89. The second-order valence-corrected chi connectivity index (χ2v) is 9.52. The molecule has 31 heavy (non-hydrogen) atoms. The molecule has 3 aromatic rings. The number of halogens is 2. The van der Waals surface area contributed by atoms with Crippen LogP contribution in [0.25, 0.3) is 22.2 Å². The molecule has 1 saturated heterocycles. The number of alkyl halides is 1. The van der Waals surface area contributed by atoms with Crippen molar-refractivity contribution in [3.63, 3.8) is 0 Å². The van der Waals surface area contributed by atoms with E-state index in [-0.39, 0.29) is 47.6 Å². The Bertz CT molecular complexity index is 1290. The summed E-state index contributed by atoms with van der Waals surface area (Å²) in [4.78, 5) is 15.4. The normalized spacial score (nSPS) is 16.0. The van der Waals surface area contributed by atoms with Crippen LogP contribution in [0.5, 0.6) is 0 Å². The van der Waals surface area contributed by atoms with Crippen LogP contribution in [0.1, 0.15) is 28.8 Å². The van der Waals surface area contributed by atoms with E-state index in [9.17, 15) is 27.1 Å². The van der Waals surface area contributed by atoms with Crippen LogP contribution in [-0.4, -0.2) is 48.0 Å². The average Bonchev–Trinajstić information content (AvgIpc) is 2.73. The molecule has 4 rings (SSSR count). The van der Waals surface area contributed by atoms with E-state index < -0.39 is 28.0 Å². The first-order valence-corrected chi connectivity index (χ1v) is 11.2. The zero-order chi connectivity index (χ0) is 22.3. The van der Waals surface area contributed by atoms with E-state index in [1.807, 2.05) is 0 Å². The van der Waals surface area contributed by atoms with Crippen molar-refractivity contribution in [2.24, 2.45) is 0 Å². The Hall–Kier alpha value is -2.91. The number of sulfonamides is 1. The number of piperidine rings is 1. The fourth-order valence-corrected chi connectivity index (χ4v) is 5.23. The van der Waals surface area contributed by atoms with E-state index in [2.05, 4.69) is 4.98 Å². The largest absolute Gasteiger partial charge is 0.478 e. The summed E-state index contributed by atoms with van der Waals surface area (Å²) in [7, 11) is -3.92. The summed E-state index contributed by atoms with van der Waals surface area (Å²) in [6, 6.07) is 9.81. The third-order valence-corrected chi connectivity index (χ3v) is 7.40. The minimum absolute atomic E-state index is 0.0597. The SMILES string of the molecule is Cc1cc(-c2ccc(S(=O)(=O)N3CCC(F)CC3)cc2F)nc2cc(C(=O)O)ccc12. The predicted octanol–water partition coefficient (Wildman–Crippen LogP) is 4.17. The first kappa shape index (κ1) is 21.3. The van der Waals surface area contributed by atoms with Gasteiger partial charge >= 0.3 is 5.97 Å². The number of carboxylic acid groups (broad SMARTS) is 1. The second kappa shape index (κ2) is 7.97. The maximum atomic E-state index is 15.0. The number of nitrogens with zero attached hydrogens (tertiary/aromatic N) is 2. The van der Waals surface area contributed by atoms with E-state index in [1.54, 1.807) is 19.1 Å². The highest BCUT2D eigenvalue weighted by Crippen LogP contribution is 2.30. The summed E-state index contributed by atoms with van der Waals surface area (Å²) in [5, 5.41) is 9.94. The van der Waals surface area contributed by atoms with Crippen LogP contribution in [0.15, 0.2) is 47.4 Å². The average molecular weight is 446 g/mol. The van der Waals surface area contributed by atoms with Gasteiger partial charge in [0.05, 0.1) is 21.7 Å². The van der Waals surface area contributed by atoms with Gasteiger partial charge in [0.15, 0.2) is 0 Å². The number of carboxylic acids is 1. The van der Waals surface area contributed by atoms with Crippen LogP contribution in [0.3, 0.4) is 0 Å². The smallest absolute Gasteiger partial charge is 0.335 e. The Morgan fingerprint density at radius 2 is 1.84 bits per heavy atom. The fraction of sp³-hybridized carbons (Fsp3) is 0.273. The molecule has 0 atom stereocenters. The summed E-state index contributed by atoms with van der Waals surface area (Å²) in [6.45, 7) is 1.92. The highest BCUT2D eigenvalue weighted by atomic mass is 32.2. The molecule has 1 fully saturated rings. The van der Waals surface area contributed by atoms with Crippen molar-refractivity contribution in [1.29, 1.82) is 0 Å². The van der Waals surface area contributed by atoms with Crippen LogP contribution in [0.4, 0.5) is 8.78 Å². The Morgan fingerprint density at radius 3 is 2.48 bits per heavy atom. The van der Waals surface area contributed by atoms with Crippen molar-refractivity contribution >= 4 is 26.9 Å². The lowest BCUT2D eigenvalue weighted by Crippen LogP contribution is -2.39. The van der Waals surface area contributed by atoms with E-state index in [0.29, 0.717) is 5.52 Å². The van der Waals surface area contributed by atoms with E-state index in [1.165, 1.54) is 28.6 Å². The molecule has 2 aromatic carbocycles. The first-order chi connectivity index (χ1) is 14.7. The summed E-state index contributed by atoms with van der Waals surface area (Å²) in [5.74, 6) is -1.86. The summed E-state index contributed by atoms with van der Waals surface area (Å²) >= 11 is 0. The molecule has 0 bridgehead atoms. The van der Waals surface area contributed by atoms with Crippen molar-refractivity contribution in [2.75, 3.05) is 13.1 Å². The Balaban J connectivity index is 1.73.